The van der Waals surface area contributed by atoms with Crippen molar-refractivity contribution in [1.82, 2.24) is 15.3 Å². The first kappa shape index (κ1) is 25.6. The molecule has 0 unspecified atom stereocenters. The van der Waals surface area contributed by atoms with Gasteiger partial charge in [0.2, 0.25) is 11.8 Å². The number of sulfone groups is 1. The number of pyridine rings is 1. The first-order chi connectivity index (χ1) is 18.9. The van der Waals surface area contributed by atoms with Crippen molar-refractivity contribution >= 4 is 21.4 Å². The van der Waals surface area contributed by atoms with Crippen LogP contribution in [0.1, 0.15) is 50.2 Å². The van der Waals surface area contributed by atoms with Crippen LogP contribution in [0.25, 0.3) is 22.7 Å². The van der Waals surface area contributed by atoms with E-state index in [1.807, 2.05) is 36.4 Å². The molecule has 1 N–H and O–H groups in total. The molecule has 39 heavy (non-hydrogen) atoms. The van der Waals surface area contributed by atoms with E-state index in [0.29, 0.717) is 43.3 Å². The summed E-state index contributed by atoms with van der Waals surface area (Å²) >= 11 is 0. The van der Waals surface area contributed by atoms with Crippen LogP contribution in [0.5, 0.6) is 0 Å². The number of oxazole rings is 1. The molecule has 9 nitrogen and oxygen atoms in total. The van der Waals surface area contributed by atoms with Gasteiger partial charge in [0.25, 0.3) is 0 Å². The number of amides is 1. The molecule has 3 aliphatic rings. The van der Waals surface area contributed by atoms with Gasteiger partial charge in [0.15, 0.2) is 9.84 Å². The third-order valence-electron chi connectivity index (χ3n) is 8.18. The molecule has 1 aromatic carbocycles. The second kappa shape index (κ2) is 10.1. The zero-order valence-corrected chi connectivity index (χ0v) is 22.5. The summed E-state index contributed by atoms with van der Waals surface area (Å²) in [6, 6.07) is 13.9. The van der Waals surface area contributed by atoms with E-state index >= 15 is 0 Å². The van der Waals surface area contributed by atoms with E-state index in [0.717, 1.165) is 42.5 Å². The molecule has 0 bridgehead atoms. The smallest absolute Gasteiger partial charge is 0.228 e. The molecular formula is C29H31N5O4S. The number of hydrogen-bond donors (Lipinski definition) is 1. The van der Waals surface area contributed by atoms with Gasteiger partial charge in [-0.1, -0.05) is 25.0 Å². The lowest BCUT2D eigenvalue weighted by atomic mass is 9.76. The molecular weight excluding hydrogens is 514 g/mol. The molecule has 2 atom stereocenters. The van der Waals surface area contributed by atoms with Gasteiger partial charge in [-0.2, -0.15) is 5.26 Å². The van der Waals surface area contributed by atoms with Gasteiger partial charge < -0.3 is 14.6 Å². The number of carbonyl (C=O) groups is 1. The average molecular weight is 546 g/mol. The van der Waals surface area contributed by atoms with Crippen LogP contribution in [0.2, 0.25) is 0 Å². The maximum Gasteiger partial charge on any atom is 0.228 e. The lowest BCUT2D eigenvalue weighted by Gasteiger charge is -2.30. The normalized spacial score (nSPS) is 23.5. The van der Waals surface area contributed by atoms with E-state index in [1.165, 1.54) is 0 Å². The summed E-state index contributed by atoms with van der Waals surface area (Å²) in [7, 11) is -2.96. The molecule has 1 amide bonds. The van der Waals surface area contributed by atoms with Gasteiger partial charge in [0, 0.05) is 48.6 Å². The Hall–Kier alpha value is -3.71. The summed E-state index contributed by atoms with van der Waals surface area (Å²) in [5.41, 5.74) is 2.58. The van der Waals surface area contributed by atoms with Gasteiger partial charge >= 0.3 is 0 Å². The monoisotopic (exact) mass is 545 g/mol. The Labute approximate surface area is 228 Å². The van der Waals surface area contributed by atoms with Crippen molar-refractivity contribution in [2.45, 2.75) is 50.0 Å². The zero-order chi connectivity index (χ0) is 27.0. The number of benzene rings is 1. The third-order valence-corrected chi connectivity index (χ3v) is 9.79. The van der Waals surface area contributed by atoms with Crippen molar-refractivity contribution in [2.75, 3.05) is 29.5 Å². The maximum atomic E-state index is 13.4. The van der Waals surface area contributed by atoms with E-state index in [4.69, 9.17) is 9.40 Å². The summed E-state index contributed by atoms with van der Waals surface area (Å²) in [4.78, 5) is 24.6. The standard InChI is InChI=1S/C29H31N5O4S/c30-19-29(11-12-29)33-27(35)24-6-2-1-5-23(24)26-25(32-28(38-26)21-4-3-13-31-18-21)20-7-9-22(10-8-20)34-14-16-39(36,37)17-15-34/h3-4,7-10,13,18,23-24H,1-2,5-6,11-12,14-17H2,(H,33,35)/t23-,24-/m1/s1. The Balaban J connectivity index is 1.34. The fourth-order valence-electron chi connectivity index (χ4n) is 5.68. The fourth-order valence-corrected chi connectivity index (χ4v) is 6.88. The summed E-state index contributed by atoms with van der Waals surface area (Å²) in [5.74, 6) is 0.926. The third kappa shape index (κ3) is 5.28. The van der Waals surface area contributed by atoms with Gasteiger partial charge in [-0.3, -0.25) is 9.78 Å². The Morgan fingerprint density at radius 2 is 1.82 bits per heavy atom. The van der Waals surface area contributed by atoms with Crippen LogP contribution >= 0.6 is 0 Å². The average Bonchev–Trinajstić information content (AvgIpc) is 3.60. The van der Waals surface area contributed by atoms with Crippen molar-refractivity contribution in [3.8, 4) is 28.8 Å². The number of nitriles is 1. The molecule has 2 aromatic heterocycles. The van der Waals surface area contributed by atoms with Crippen LogP contribution in [-0.2, 0) is 14.6 Å². The Morgan fingerprint density at radius 1 is 1.08 bits per heavy atom. The molecule has 2 saturated carbocycles. The van der Waals surface area contributed by atoms with Crippen molar-refractivity contribution < 1.29 is 17.6 Å². The van der Waals surface area contributed by atoms with Crippen molar-refractivity contribution in [2.24, 2.45) is 5.92 Å². The first-order valence-electron chi connectivity index (χ1n) is 13.6. The first-order valence-corrected chi connectivity index (χ1v) is 15.4. The van der Waals surface area contributed by atoms with Crippen LogP contribution in [-0.4, -0.2) is 54.4 Å². The second-order valence-electron chi connectivity index (χ2n) is 10.8. The van der Waals surface area contributed by atoms with Crippen LogP contribution < -0.4 is 10.2 Å². The maximum absolute atomic E-state index is 13.4. The number of rotatable bonds is 6. The van der Waals surface area contributed by atoms with Gasteiger partial charge in [0.1, 0.15) is 17.0 Å². The summed E-state index contributed by atoms with van der Waals surface area (Å²) in [6.07, 6.45) is 8.26. The summed E-state index contributed by atoms with van der Waals surface area (Å²) < 4.78 is 30.1. The van der Waals surface area contributed by atoms with E-state index in [2.05, 4.69) is 21.3 Å². The van der Waals surface area contributed by atoms with Crippen LogP contribution in [0.3, 0.4) is 0 Å². The Morgan fingerprint density at radius 3 is 2.49 bits per heavy atom. The lowest BCUT2D eigenvalue weighted by molar-refractivity contribution is -0.127. The van der Waals surface area contributed by atoms with Crippen molar-refractivity contribution in [1.29, 1.82) is 5.26 Å². The van der Waals surface area contributed by atoms with Gasteiger partial charge in [-0.25, -0.2) is 13.4 Å². The molecule has 10 heteroatoms. The Bertz CT molecular complexity index is 1490. The zero-order valence-electron chi connectivity index (χ0n) is 21.7. The molecule has 3 heterocycles. The molecule has 3 aromatic rings. The molecule has 1 saturated heterocycles. The van der Waals surface area contributed by atoms with E-state index < -0.39 is 15.4 Å². The number of nitrogens with zero attached hydrogens (tertiary/aromatic N) is 4. The van der Waals surface area contributed by atoms with Crippen molar-refractivity contribution in [3.63, 3.8) is 0 Å². The predicted molar refractivity (Wildman–Crippen MR) is 146 cm³/mol. The summed E-state index contributed by atoms with van der Waals surface area (Å²) in [6.45, 7) is 0.955. The minimum absolute atomic E-state index is 0.0839. The van der Waals surface area contributed by atoms with E-state index in [-0.39, 0.29) is 29.2 Å². The molecule has 1 aliphatic heterocycles. The van der Waals surface area contributed by atoms with Crippen molar-refractivity contribution in [3.05, 3.63) is 54.6 Å². The molecule has 0 radical (unpaired) electrons. The van der Waals surface area contributed by atoms with Gasteiger partial charge in [-0.15, -0.1) is 0 Å². The highest BCUT2D eigenvalue weighted by molar-refractivity contribution is 7.91. The largest absolute Gasteiger partial charge is 0.440 e. The topological polar surface area (TPSA) is 129 Å². The molecule has 202 valence electrons. The highest BCUT2D eigenvalue weighted by Gasteiger charge is 2.47. The van der Waals surface area contributed by atoms with Gasteiger partial charge in [0.05, 0.1) is 23.1 Å². The fraction of sp³-hybridized carbons (Fsp3) is 0.448. The quantitative estimate of drug-likeness (QED) is 0.490. The Kier molecular flexibility index (Phi) is 6.63. The van der Waals surface area contributed by atoms with Crippen LogP contribution in [0.4, 0.5) is 5.69 Å². The summed E-state index contributed by atoms with van der Waals surface area (Å²) in [5, 5.41) is 12.5. The molecule has 3 fully saturated rings. The number of anilines is 1. The van der Waals surface area contributed by atoms with Crippen LogP contribution in [0, 0.1) is 17.2 Å². The van der Waals surface area contributed by atoms with E-state index in [1.54, 1.807) is 12.4 Å². The SMILES string of the molecule is N#CC1(NC(=O)[C@@H]2CCCC[C@H]2c2oc(-c3cccnc3)nc2-c2ccc(N3CCS(=O)(=O)CC3)cc2)CC1. The molecule has 6 rings (SSSR count). The second-order valence-corrected chi connectivity index (χ2v) is 13.1. The highest BCUT2D eigenvalue weighted by atomic mass is 32.2. The number of nitrogens with one attached hydrogen (secondary N) is 1. The number of carbonyl (C=O) groups excluding carboxylic acids is 1. The number of hydrogen-bond acceptors (Lipinski definition) is 8. The van der Waals surface area contributed by atoms with E-state index in [9.17, 15) is 18.5 Å². The minimum atomic E-state index is -2.96. The molecule has 2 aliphatic carbocycles. The predicted octanol–water partition coefficient (Wildman–Crippen LogP) is 4.08. The van der Waals surface area contributed by atoms with Gasteiger partial charge in [-0.05, 0) is 49.9 Å². The van der Waals surface area contributed by atoms with Crippen LogP contribution in [0.15, 0.2) is 53.2 Å². The number of aromatic nitrogens is 2. The highest BCUT2D eigenvalue weighted by Crippen LogP contribution is 2.45. The molecule has 0 spiro atoms. The minimum Gasteiger partial charge on any atom is -0.440 e. The lowest BCUT2D eigenvalue weighted by Crippen LogP contribution is -2.42.